The van der Waals surface area contributed by atoms with Crippen LogP contribution in [0.4, 0.5) is 0 Å². The molecule has 1 fully saturated rings. The van der Waals surface area contributed by atoms with E-state index in [-0.39, 0.29) is 25.9 Å². The normalized spacial score (nSPS) is 20.3. The first kappa shape index (κ1) is 23.4. The summed E-state index contributed by atoms with van der Waals surface area (Å²) in [5.74, 6) is -1.16. The minimum absolute atomic E-state index is 0.112. The molecule has 3 atom stereocenters. The fourth-order valence-electron chi connectivity index (χ4n) is 3.36. The summed E-state index contributed by atoms with van der Waals surface area (Å²) in [5, 5.41) is 9.55. The molecular formula is C20H27N4O8+. The number of H-pyrrole nitrogens is 1. The van der Waals surface area contributed by atoms with E-state index in [4.69, 9.17) is 14.2 Å². The molecule has 0 bridgehead atoms. The van der Waals surface area contributed by atoms with E-state index >= 15 is 0 Å². The maximum Gasteiger partial charge on any atom is 0.330 e. The van der Waals surface area contributed by atoms with Gasteiger partial charge in [0, 0.05) is 18.2 Å². The lowest BCUT2D eigenvalue weighted by Gasteiger charge is -2.16. The average Bonchev–Trinajstić information content (AvgIpc) is 3.34. The lowest BCUT2D eigenvalue weighted by atomic mass is 10.2. The highest BCUT2D eigenvalue weighted by molar-refractivity contribution is 5.77. The van der Waals surface area contributed by atoms with Gasteiger partial charge in [0.1, 0.15) is 44.0 Å². The van der Waals surface area contributed by atoms with Gasteiger partial charge in [0.2, 0.25) is 6.33 Å². The number of aryl methyl sites for hydroxylation is 2. The van der Waals surface area contributed by atoms with Gasteiger partial charge < -0.3 is 19.3 Å². The number of nitrogens with one attached hydrogen (secondary N) is 1. The van der Waals surface area contributed by atoms with E-state index in [2.05, 4.69) is 4.98 Å². The van der Waals surface area contributed by atoms with Crippen molar-refractivity contribution in [3.05, 3.63) is 51.3 Å². The summed E-state index contributed by atoms with van der Waals surface area (Å²) < 4.78 is 21.0. The number of nitrogens with zero attached hydrogens (tertiary/aromatic N) is 3. The molecule has 0 saturated carbocycles. The van der Waals surface area contributed by atoms with Crippen LogP contribution < -0.4 is 15.8 Å². The standard InChI is InChI=1S/C20H26N4O8/c1-13-10-24(20(29)21-19(13)28)16-9-14(15(11-25)31-16)32-18(27)4-3-17(26)30-8-7-23-6-5-22(2)12-23/h5-6,10,12,14-16,25H,3-4,7-9,11H2,1-2H3/p+1/t14-,15+,16+/m0/s1. The number of esters is 2. The van der Waals surface area contributed by atoms with Crippen molar-refractivity contribution < 1.29 is 33.5 Å². The maximum absolute atomic E-state index is 12.2. The Bertz CT molecular complexity index is 1070. The van der Waals surface area contributed by atoms with Gasteiger partial charge >= 0.3 is 17.6 Å². The number of carbonyl (C=O) groups is 2. The molecule has 0 aromatic carbocycles. The molecule has 0 amide bonds. The number of rotatable bonds is 9. The highest BCUT2D eigenvalue weighted by atomic mass is 16.6. The summed E-state index contributed by atoms with van der Waals surface area (Å²) in [6.45, 7) is 1.80. The van der Waals surface area contributed by atoms with Gasteiger partial charge in [0.25, 0.3) is 5.56 Å². The Morgan fingerprint density at radius 2 is 2.06 bits per heavy atom. The molecule has 0 unspecified atom stereocenters. The zero-order valence-electron chi connectivity index (χ0n) is 17.9. The van der Waals surface area contributed by atoms with E-state index in [1.54, 1.807) is 6.92 Å². The van der Waals surface area contributed by atoms with Crippen molar-refractivity contribution >= 4 is 11.9 Å². The predicted molar refractivity (Wildman–Crippen MR) is 107 cm³/mol. The average molecular weight is 451 g/mol. The smallest absolute Gasteiger partial charge is 0.330 e. The van der Waals surface area contributed by atoms with Crippen LogP contribution in [-0.2, 0) is 37.4 Å². The highest BCUT2D eigenvalue weighted by Crippen LogP contribution is 2.30. The van der Waals surface area contributed by atoms with Gasteiger partial charge in [0.05, 0.1) is 26.5 Å². The molecule has 12 heteroatoms. The number of hydrogen-bond donors (Lipinski definition) is 2. The molecule has 0 spiro atoms. The third-order valence-electron chi connectivity index (χ3n) is 5.07. The molecule has 3 rings (SSSR count). The van der Waals surface area contributed by atoms with Crippen LogP contribution >= 0.6 is 0 Å². The summed E-state index contributed by atoms with van der Waals surface area (Å²) in [6.07, 6.45) is 4.25. The first-order valence-corrected chi connectivity index (χ1v) is 10.2. The van der Waals surface area contributed by atoms with Crippen LogP contribution in [0, 0.1) is 6.92 Å². The quantitative estimate of drug-likeness (QED) is 0.353. The molecule has 0 aliphatic carbocycles. The molecule has 1 saturated heterocycles. The highest BCUT2D eigenvalue weighted by Gasteiger charge is 2.39. The molecular weight excluding hydrogens is 424 g/mol. The largest absolute Gasteiger partial charge is 0.461 e. The Balaban J connectivity index is 1.46. The number of aromatic nitrogens is 4. The van der Waals surface area contributed by atoms with Crippen molar-refractivity contribution in [2.45, 2.75) is 51.2 Å². The summed E-state index contributed by atoms with van der Waals surface area (Å²) in [7, 11) is 1.88. The van der Waals surface area contributed by atoms with Gasteiger partial charge in [-0.15, -0.1) is 0 Å². The number of aromatic amines is 1. The van der Waals surface area contributed by atoms with Crippen molar-refractivity contribution in [3.8, 4) is 0 Å². The SMILES string of the molecule is Cc1cn([C@H]2C[C@H](OC(=O)CCC(=O)OCCn3cc[n+](C)c3)[C@@H](CO)O2)c(=O)[nH]c1=O. The summed E-state index contributed by atoms with van der Waals surface area (Å²) >= 11 is 0. The van der Waals surface area contributed by atoms with Crippen molar-refractivity contribution in [2.24, 2.45) is 7.05 Å². The van der Waals surface area contributed by atoms with Crippen molar-refractivity contribution in [3.63, 3.8) is 0 Å². The van der Waals surface area contributed by atoms with Gasteiger partial charge in [-0.25, -0.2) is 13.9 Å². The molecule has 3 heterocycles. The topological polar surface area (TPSA) is 146 Å². The number of hydrogen-bond acceptors (Lipinski definition) is 8. The van der Waals surface area contributed by atoms with E-state index in [0.717, 1.165) is 0 Å². The monoisotopic (exact) mass is 451 g/mol. The first-order chi connectivity index (χ1) is 15.3. The molecule has 1 aliphatic heterocycles. The fraction of sp³-hybridized carbons (Fsp3) is 0.550. The Hall–Kier alpha value is -3.25. The first-order valence-electron chi connectivity index (χ1n) is 10.2. The predicted octanol–water partition coefficient (Wildman–Crippen LogP) is -1.31. The molecule has 32 heavy (non-hydrogen) atoms. The lowest BCUT2D eigenvalue weighted by Crippen LogP contribution is -2.33. The Morgan fingerprint density at radius 1 is 1.31 bits per heavy atom. The second kappa shape index (κ2) is 10.4. The van der Waals surface area contributed by atoms with Gasteiger partial charge in [-0.1, -0.05) is 0 Å². The Morgan fingerprint density at radius 3 is 2.75 bits per heavy atom. The number of aliphatic hydroxyl groups excluding tert-OH is 1. The van der Waals surface area contributed by atoms with E-state index < -0.39 is 48.2 Å². The second-order valence-corrected chi connectivity index (χ2v) is 7.59. The number of carbonyl (C=O) groups excluding carboxylic acids is 2. The second-order valence-electron chi connectivity index (χ2n) is 7.59. The third-order valence-corrected chi connectivity index (χ3v) is 5.07. The zero-order valence-corrected chi connectivity index (χ0v) is 17.9. The number of imidazole rings is 1. The van der Waals surface area contributed by atoms with Gasteiger partial charge in [-0.3, -0.25) is 23.9 Å². The third kappa shape index (κ3) is 5.92. The van der Waals surface area contributed by atoms with Crippen LogP contribution in [0.2, 0.25) is 0 Å². The fourth-order valence-corrected chi connectivity index (χ4v) is 3.36. The number of ether oxygens (including phenoxy) is 3. The van der Waals surface area contributed by atoms with Crippen molar-refractivity contribution in [2.75, 3.05) is 13.2 Å². The van der Waals surface area contributed by atoms with E-state index in [1.165, 1.54) is 10.8 Å². The molecule has 2 aromatic rings. The van der Waals surface area contributed by atoms with Crippen LogP contribution in [0.1, 0.15) is 31.1 Å². The van der Waals surface area contributed by atoms with Crippen molar-refractivity contribution in [1.29, 1.82) is 0 Å². The maximum atomic E-state index is 12.2. The minimum Gasteiger partial charge on any atom is -0.461 e. The van der Waals surface area contributed by atoms with Crippen LogP contribution in [-0.4, -0.2) is 56.6 Å². The van der Waals surface area contributed by atoms with Gasteiger partial charge in [-0.05, 0) is 6.92 Å². The van der Waals surface area contributed by atoms with E-state index in [0.29, 0.717) is 12.1 Å². The molecule has 1 aliphatic rings. The summed E-state index contributed by atoms with van der Waals surface area (Å²) in [6, 6.07) is 0. The Labute approximate surface area is 183 Å². The molecule has 0 radical (unpaired) electrons. The molecule has 174 valence electrons. The van der Waals surface area contributed by atoms with E-state index in [1.807, 2.05) is 34.9 Å². The van der Waals surface area contributed by atoms with Gasteiger partial charge in [-0.2, -0.15) is 0 Å². The lowest BCUT2D eigenvalue weighted by molar-refractivity contribution is -0.671. The Kier molecular flexibility index (Phi) is 7.59. The van der Waals surface area contributed by atoms with Crippen LogP contribution in [0.5, 0.6) is 0 Å². The van der Waals surface area contributed by atoms with Crippen LogP contribution in [0.15, 0.2) is 34.5 Å². The van der Waals surface area contributed by atoms with Crippen LogP contribution in [0.3, 0.4) is 0 Å². The molecule has 2 N–H and O–H groups in total. The summed E-state index contributed by atoms with van der Waals surface area (Å²) in [4.78, 5) is 49.8. The molecule has 2 aromatic heterocycles. The summed E-state index contributed by atoms with van der Waals surface area (Å²) in [5.41, 5.74) is -0.843. The zero-order chi connectivity index (χ0) is 23.3. The van der Waals surface area contributed by atoms with Gasteiger partial charge in [0.15, 0.2) is 0 Å². The number of aliphatic hydroxyl groups is 1. The van der Waals surface area contributed by atoms with Crippen molar-refractivity contribution in [1.82, 2.24) is 14.1 Å². The molecule has 12 nitrogen and oxygen atoms in total. The van der Waals surface area contributed by atoms with E-state index in [9.17, 15) is 24.3 Å². The van der Waals surface area contributed by atoms with Crippen LogP contribution in [0.25, 0.3) is 0 Å². The minimum atomic E-state index is -0.835.